The number of para-hydroxylation sites is 1. The van der Waals surface area contributed by atoms with Crippen LogP contribution in [0.2, 0.25) is 5.02 Å². The molecule has 2 aliphatic rings. The Bertz CT molecular complexity index is 1560. The van der Waals surface area contributed by atoms with E-state index >= 15 is 0 Å². The summed E-state index contributed by atoms with van der Waals surface area (Å²) in [6, 6.07) is 18.8. The molecule has 0 saturated heterocycles. The van der Waals surface area contributed by atoms with Crippen molar-refractivity contribution in [2.45, 2.75) is 36.9 Å². The fourth-order valence-corrected chi connectivity index (χ4v) is 6.80. The summed E-state index contributed by atoms with van der Waals surface area (Å²) in [6.45, 7) is 4.09. The first-order valence-electron chi connectivity index (χ1n) is 12.2. The van der Waals surface area contributed by atoms with E-state index in [1.807, 2.05) is 44.2 Å². The molecule has 1 amide bonds. The quantitative estimate of drug-likeness (QED) is 0.349. The van der Waals surface area contributed by atoms with Crippen LogP contribution in [-0.4, -0.2) is 27.6 Å². The van der Waals surface area contributed by atoms with Gasteiger partial charge in [0.1, 0.15) is 5.82 Å². The molecular weight excluding hydrogens is 552 g/mol. The number of thioether (sulfide) groups is 1. The highest BCUT2D eigenvalue weighted by Gasteiger charge is 2.45. The number of allylic oxidation sites excluding steroid dienone is 3. The minimum atomic E-state index is -0.540. The number of nitrogens with two attached hydrogens (primary N) is 1. The zero-order valence-corrected chi connectivity index (χ0v) is 23.7. The maximum atomic E-state index is 13.6. The second-order valence-corrected chi connectivity index (χ2v) is 12.6. The number of carbonyl (C=O) groups is 2. The summed E-state index contributed by atoms with van der Waals surface area (Å²) in [4.78, 5) is 27.8. The summed E-state index contributed by atoms with van der Waals surface area (Å²) in [5, 5.41) is 22.5. The van der Waals surface area contributed by atoms with Gasteiger partial charge in [-0.1, -0.05) is 91.0 Å². The summed E-state index contributed by atoms with van der Waals surface area (Å²) in [6.07, 6.45) is 0.957. The first kappa shape index (κ1) is 26.9. The molecular formula is C28H25ClN6O2S2. The smallest absolute Gasteiger partial charge is 0.234 e. The number of amides is 1. The molecule has 39 heavy (non-hydrogen) atoms. The average molecular weight is 577 g/mol. The van der Waals surface area contributed by atoms with Crippen LogP contribution in [0.3, 0.4) is 0 Å². The van der Waals surface area contributed by atoms with Crippen molar-refractivity contribution in [3.63, 3.8) is 0 Å². The zero-order chi connectivity index (χ0) is 27.7. The Morgan fingerprint density at radius 2 is 1.92 bits per heavy atom. The maximum Gasteiger partial charge on any atom is 0.234 e. The third kappa shape index (κ3) is 5.43. The number of benzene rings is 2. The molecule has 3 aromatic rings. The summed E-state index contributed by atoms with van der Waals surface area (Å²) >= 11 is 8.62. The Hall–Kier alpha value is -3.65. The van der Waals surface area contributed by atoms with Gasteiger partial charge in [0.25, 0.3) is 0 Å². The van der Waals surface area contributed by atoms with E-state index in [1.54, 1.807) is 29.2 Å². The number of anilines is 2. The van der Waals surface area contributed by atoms with Gasteiger partial charge in [0, 0.05) is 17.7 Å². The predicted octanol–water partition coefficient (Wildman–Crippen LogP) is 5.86. The van der Waals surface area contributed by atoms with E-state index in [0.717, 1.165) is 11.3 Å². The summed E-state index contributed by atoms with van der Waals surface area (Å²) < 4.78 is 0.555. The molecule has 0 radical (unpaired) electrons. The lowest BCUT2D eigenvalue weighted by Gasteiger charge is -2.42. The van der Waals surface area contributed by atoms with Crippen LogP contribution in [-0.2, 0) is 9.59 Å². The Morgan fingerprint density at radius 1 is 1.21 bits per heavy atom. The standard InChI is InChI=1S/C28H25ClN6O2S2/c1-28(2)12-20-24(21(36)13-28)23(16-8-4-3-5-9-16)17(14-30)25(31)35(20)26-33-34-27(39-26)38-15-22(37)32-19-11-7-6-10-18(19)29/h3-11,23H,12-13,15,31H2,1-2H3,(H,32,37). The molecule has 0 spiro atoms. The molecule has 0 saturated carbocycles. The van der Waals surface area contributed by atoms with Crippen LogP contribution in [0.1, 0.15) is 38.2 Å². The number of nitrogens with one attached hydrogen (secondary N) is 1. The fraction of sp³-hybridized carbons (Fsp3) is 0.250. The number of aromatic nitrogens is 2. The van der Waals surface area contributed by atoms with Crippen molar-refractivity contribution < 1.29 is 9.59 Å². The van der Waals surface area contributed by atoms with E-state index in [0.29, 0.717) is 44.2 Å². The molecule has 1 aliphatic heterocycles. The number of Topliss-reactive ketones (excluding diaryl/α,β-unsaturated/α-hetero) is 1. The number of hydrogen-bond acceptors (Lipinski definition) is 9. The number of nitriles is 1. The van der Waals surface area contributed by atoms with Gasteiger partial charge in [0.2, 0.25) is 11.0 Å². The molecule has 8 nitrogen and oxygen atoms in total. The summed E-state index contributed by atoms with van der Waals surface area (Å²) in [5.41, 5.74) is 9.37. The van der Waals surface area contributed by atoms with Gasteiger partial charge in [-0.15, -0.1) is 10.2 Å². The summed E-state index contributed by atoms with van der Waals surface area (Å²) in [7, 11) is 0. The average Bonchev–Trinajstić information content (AvgIpc) is 3.36. The normalized spacial score (nSPS) is 18.6. The molecule has 1 aromatic heterocycles. The number of hydrogen-bond donors (Lipinski definition) is 2. The molecule has 2 heterocycles. The van der Waals surface area contributed by atoms with E-state index < -0.39 is 5.92 Å². The highest BCUT2D eigenvalue weighted by Crippen LogP contribution is 2.50. The topological polar surface area (TPSA) is 125 Å². The van der Waals surface area contributed by atoms with Gasteiger partial charge in [-0.2, -0.15) is 5.26 Å². The molecule has 0 bridgehead atoms. The van der Waals surface area contributed by atoms with Crippen LogP contribution >= 0.6 is 34.7 Å². The monoisotopic (exact) mass is 576 g/mol. The molecule has 5 rings (SSSR count). The van der Waals surface area contributed by atoms with Gasteiger partial charge < -0.3 is 11.1 Å². The van der Waals surface area contributed by atoms with Gasteiger partial charge in [-0.25, -0.2) is 0 Å². The highest BCUT2D eigenvalue weighted by molar-refractivity contribution is 8.01. The third-order valence-corrected chi connectivity index (χ3v) is 8.95. The van der Waals surface area contributed by atoms with E-state index in [1.165, 1.54) is 23.1 Å². The van der Waals surface area contributed by atoms with Crippen LogP contribution < -0.4 is 16.0 Å². The molecule has 2 aromatic carbocycles. The van der Waals surface area contributed by atoms with Gasteiger partial charge in [0.05, 0.1) is 34.0 Å². The van der Waals surface area contributed by atoms with Crippen molar-refractivity contribution in [3.05, 3.63) is 87.8 Å². The van der Waals surface area contributed by atoms with E-state index in [4.69, 9.17) is 17.3 Å². The zero-order valence-electron chi connectivity index (χ0n) is 21.3. The van der Waals surface area contributed by atoms with Gasteiger partial charge in [-0.3, -0.25) is 14.5 Å². The van der Waals surface area contributed by atoms with Crippen LogP contribution in [0.4, 0.5) is 10.8 Å². The fourth-order valence-electron chi connectivity index (χ4n) is 4.93. The number of nitrogens with zero attached hydrogens (tertiary/aromatic N) is 4. The van der Waals surface area contributed by atoms with E-state index in [9.17, 15) is 14.9 Å². The SMILES string of the molecule is CC1(C)CC(=O)C2=C(C1)N(c1nnc(SCC(=O)Nc3ccccc3Cl)s1)C(N)=C(C#N)C2c1ccccc1. The molecule has 1 unspecified atom stereocenters. The van der Waals surface area contributed by atoms with Crippen molar-refractivity contribution in [1.29, 1.82) is 5.26 Å². The highest BCUT2D eigenvalue weighted by atomic mass is 35.5. The van der Waals surface area contributed by atoms with Crippen LogP contribution in [0, 0.1) is 16.7 Å². The lowest BCUT2D eigenvalue weighted by atomic mass is 9.69. The molecule has 11 heteroatoms. The largest absolute Gasteiger partial charge is 0.384 e. The minimum Gasteiger partial charge on any atom is -0.384 e. The van der Waals surface area contributed by atoms with Gasteiger partial charge in [0.15, 0.2) is 10.1 Å². The number of rotatable bonds is 6. The van der Waals surface area contributed by atoms with Crippen molar-refractivity contribution in [2.24, 2.45) is 11.1 Å². The van der Waals surface area contributed by atoms with Gasteiger partial charge >= 0.3 is 0 Å². The second-order valence-electron chi connectivity index (χ2n) is 10.1. The summed E-state index contributed by atoms with van der Waals surface area (Å²) in [5.74, 6) is -0.439. The van der Waals surface area contributed by atoms with Crippen molar-refractivity contribution in [2.75, 3.05) is 16.0 Å². The number of carbonyl (C=O) groups excluding carboxylic acids is 2. The van der Waals surface area contributed by atoms with Crippen molar-refractivity contribution in [3.8, 4) is 6.07 Å². The minimum absolute atomic E-state index is 0.00397. The lowest BCUT2D eigenvalue weighted by molar-refractivity contribution is -0.118. The third-order valence-electron chi connectivity index (χ3n) is 6.58. The van der Waals surface area contributed by atoms with Crippen LogP contribution in [0.15, 0.2) is 81.6 Å². The Kier molecular flexibility index (Phi) is 7.49. The first-order valence-corrected chi connectivity index (χ1v) is 14.4. The second kappa shape index (κ2) is 10.8. The van der Waals surface area contributed by atoms with Crippen molar-refractivity contribution >= 4 is 57.2 Å². The van der Waals surface area contributed by atoms with Crippen molar-refractivity contribution in [1.82, 2.24) is 10.2 Å². The van der Waals surface area contributed by atoms with Crippen LogP contribution in [0.25, 0.3) is 0 Å². The predicted molar refractivity (Wildman–Crippen MR) is 154 cm³/mol. The Labute approximate surface area is 239 Å². The Morgan fingerprint density at radius 3 is 2.64 bits per heavy atom. The Balaban J connectivity index is 1.46. The van der Waals surface area contributed by atoms with E-state index in [-0.39, 0.29) is 28.7 Å². The maximum absolute atomic E-state index is 13.6. The first-order chi connectivity index (χ1) is 18.7. The number of ketones is 1. The van der Waals surface area contributed by atoms with Crippen LogP contribution in [0.5, 0.6) is 0 Å². The van der Waals surface area contributed by atoms with Gasteiger partial charge in [-0.05, 0) is 29.5 Å². The molecule has 0 fully saturated rings. The molecule has 3 N–H and O–H groups in total. The number of halogens is 1. The molecule has 198 valence electrons. The molecule has 1 aliphatic carbocycles. The lowest BCUT2D eigenvalue weighted by Crippen LogP contribution is -2.42. The van der Waals surface area contributed by atoms with E-state index in [2.05, 4.69) is 21.6 Å². The molecule has 1 atom stereocenters.